The Kier molecular flexibility index (Phi) is 4.01. The van der Waals surface area contributed by atoms with E-state index in [1.165, 1.54) is 32.6 Å². The standard InChI is InChI=1S/C12H21NO5S/c1-11(2,3)19(17,18)8-9(14)13-7-5-6-12(13,4)10(15)16/h5-8H2,1-4H3,(H,15,16). The number of sulfone groups is 1. The molecule has 7 heteroatoms. The summed E-state index contributed by atoms with van der Waals surface area (Å²) in [7, 11) is -3.59. The van der Waals surface area contributed by atoms with Crippen LogP contribution in [0, 0.1) is 0 Å². The van der Waals surface area contributed by atoms with Crippen LogP contribution in [0.15, 0.2) is 0 Å². The number of carbonyl (C=O) groups is 2. The average Bonchev–Trinajstić information content (AvgIpc) is 2.59. The van der Waals surface area contributed by atoms with Crippen molar-refractivity contribution in [1.82, 2.24) is 4.90 Å². The Morgan fingerprint density at radius 1 is 1.32 bits per heavy atom. The molecule has 1 fully saturated rings. The van der Waals surface area contributed by atoms with Crippen molar-refractivity contribution in [3.05, 3.63) is 0 Å². The first-order valence-corrected chi connectivity index (χ1v) is 7.83. The van der Waals surface area contributed by atoms with Crippen molar-refractivity contribution in [3.63, 3.8) is 0 Å². The van der Waals surface area contributed by atoms with Crippen molar-refractivity contribution in [2.24, 2.45) is 0 Å². The van der Waals surface area contributed by atoms with Gasteiger partial charge in [-0.2, -0.15) is 0 Å². The summed E-state index contributed by atoms with van der Waals surface area (Å²) in [5.74, 6) is -2.36. The summed E-state index contributed by atoms with van der Waals surface area (Å²) in [6.07, 6.45) is 0.924. The number of rotatable bonds is 3. The fourth-order valence-corrected chi connectivity index (χ4v) is 2.96. The largest absolute Gasteiger partial charge is 0.480 e. The fraction of sp³-hybridized carbons (Fsp3) is 0.833. The molecule has 1 heterocycles. The van der Waals surface area contributed by atoms with Gasteiger partial charge in [-0.05, 0) is 40.5 Å². The summed E-state index contributed by atoms with van der Waals surface area (Å²) in [6, 6.07) is 0. The molecular formula is C12H21NO5S. The highest BCUT2D eigenvalue weighted by molar-refractivity contribution is 7.93. The van der Waals surface area contributed by atoms with E-state index in [-0.39, 0.29) is 0 Å². The summed E-state index contributed by atoms with van der Waals surface area (Å²) in [4.78, 5) is 24.5. The van der Waals surface area contributed by atoms with Gasteiger partial charge in [-0.15, -0.1) is 0 Å². The third-order valence-electron chi connectivity index (χ3n) is 3.65. The summed E-state index contributed by atoms with van der Waals surface area (Å²) in [5, 5.41) is 9.21. The van der Waals surface area contributed by atoms with Crippen LogP contribution in [-0.2, 0) is 19.4 Å². The van der Waals surface area contributed by atoms with Gasteiger partial charge in [0.25, 0.3) is 0 Å². The predicted molar refractivity (Wildman–Crippen MR) is 70.5 cm³/mol. The van der Waals surface area contributed by atoms with Crippen molar-refractivity contribution < 1.29 is 23.1 Å². The third kappa shape index (κ3) is 2.91. The topological polar surface area (TPSA) is 91.8 Å². The molecule has 1 atom stereocenters. The number of likely N-dealkylation sites (tertiary alicyclic amines) is 1. The molecule has 19 heavy (non-hydrogen) atoms. The molecule has 6 nitrogen and oxygen atoms in total. The maximum atomic E-state index is 12.1. The number of hydrogen-bond acceptors (Lipinski definition) is 4. The van der Waals surface area contributed by atoms with E-state index in [0.717, 1.165) is 0 Å². The molecule has 0 aromatic rings. The lowest BCUT2D eigenvalue weighted by atomic mass is 9.99. The molecule has 110 valence electrons. The van der Waals surface area contributed by atoms with Crippen LogP contribution in [0.4, 0.5) is 0 Å². The molecule has 0 aromatic carbocycles. The first kappa shape index (κ1) is 15.9. The lowest BCUT2D eigenvalue weighted by Gasteiger charge is -2.32. The Morgan fingerprint density at radius 2 is 1.84 bits per heavy atom. The zero-order valence-corrected chi connectivity index (χ0v) is 12.6. The lowest BCUT2D eigenvalue weighted by molar-refractivity contribution is -0.154. The number of hydrogen-bond donors (Lipinski definition) is 1. The van der Waals surface area contributed by atoms with Crippen molar-refractivity contribution in [2.75, 3.05) is 12.3 Å². The van der Waals surface area contributed by atoms with E-state index in [9.17, 15) is 23.1 Å². The van der Waals surface area contributed by atoms with Gasteiger partial charge in [-0.3, -0.25) is 4.79 Å². The fourth-order valence-electron chi connectivity index (χ4n) is 2.04. The van der Waals surface area contributed by atoms with Crippen LogP contribution >= 0.6 is 0 Å². The number of carbonyl (C=O) groups excluding carboxylic acids is 1. The van der Waals surface area contributed by atoms with Crippen LogP contribution in [0.2, 0.25) is 0 Å². The van der Waals surface area contributed by atoms with Crippen LogP contribution in [0.5, 0.6) is 0 Å². The number of nitrogens with zero attached hydrogens (tertiary/aromatic N) is 1. The van der Waals surface area contributed by atoms with Crippen LogP contribution in [0.25, 0.3) is 0 Å². The second-order valence-corrected chi connectivity index (χ2v) is 8.84. The van der Waals surface area contributed by atoms with E-state index in [0.29, 0.717) is 19.4 Å². The Hall–Kier alpha value is -1.11. The maximum Gasteiger partial charge on any atom is 0.329 e. The second kappa shape index (κ2) is 4.77. The minimum Gasteiger partial charge on any atom is -0.480 e. The van der Waals surface area contributed by atoms with E-state index in [4.69, 9.17) is 0 Å². The normalized spacial score (nSPS) is 24.5. The molecule has 1 saturated heterocycles. The zero-order chi connectivity index (χ0) is 15.1. The van der Waals surface area contributed by atoms with Crippen molar-refractivity contribution in [2.45, 2.75) is 50.8 Å². The Bertz CT molecular complexity index is 491. The number of aliphatic carboxylic acids is 1. The van der Waals surface area contributed by atoms with Crippen molar-refractivity contribution >= 4 is 21.7 Å². The van der Waals surface area contributed by atoms with Crippen LogP contribution in [-0.4, -0.2) is 52.9 Å². The molecule has 1 N–H and O–H groups in total. The van der Waals surface area contributed by atoms with E-state index in [2.05, 4.69) is 0 Å². The summed E-state index contributed by atoms with van der Waals surface area (Å²) >= 11 is 0. The first-order valence-electron chi connectivity index (χ1n) is 6.18. The maximum absolute atomic E-state index is 12.1. The first-order chi connectivity index (χ1) is 8.42. The van der Waals surface area contributed by atoms with Gasteiger partial charge in [0.2, 0.25) is 5.91 Å². The highest BCUT2D eigenvalue weighted by atomic mass is 32.2. The SMILES string of the molecule is CC1(C(=O)O)CCCN1C(=O)CS(=O)(=O)C(C)(C)C. The highest BCUT2D eigenvalue weighted by Crippen LogP contribution is 2.30. The van der Waals surface area contributed by atoms with Crippen LogP contribution in [0.3, 0.4) is 0 Å². The monoisotopic (exact) mass is 291 g/mol. The molecule has 1 amide bonds. The van der Waals surface area contributed by atoms with E-state index < -0.39 is 37.8 Å². The molecule has 1 unspecified atom stereocenters. The van der Waals surface area contributed by atoms with Gasteiger partial charge in [-0.25, -0.2) is 13.2 Å². The van der Waals surface area contributed by atoms with E-state index in [1.54, 1.807) is 0 Å². The molecule has 1 aliphatic rings. The smallest absolute Gasteiger partial charge is 0.329 e. The van der Waals surface area contributed by atoms with Gasteiger partial charge in [0.1, 0.15) is 11.3 Å². The quantitative estimate of drug-likeness (QED) is 0.825. The molecular weight excluding hydrogens is 270 g/mol. The minimum absolute atomic E-state index is 0.293. The third-order valence-corrected chi connectivity index (χ3v) is 6.14. The number of carboxylic acid groups (broad SMARTS) is 1. The molecule has 1 rings (SSSR count). The molecule has 0 saturated carbocycles. The summed E-state index contributed by atoms with van der Waals surface area (Å²) < 4.78 is 23.0. The summed E-state index contributed by atoms with van der Waals surface area (Å²) in [6.45, 7) is 6.33. The summed E-state index contributed by atoms with van der Waals surface area (Å²) in [5.41, 5.74) is -1.29. The van der Waals surface area contributed by atoms with Gasteiger partial charge in [0.05, 0.1) is 4.75 Å². The van der Waals surface area contributed by atoms with Crippen molar-refractivity contribution in [3.8, 4) is 0 Å². The van der Waals surface area contributed by atoms with Gasteiger partial charge < -0.3 is 10.0 Å². The van der Waals surface area contributed by atoms with Gasteiger partial charge >= 0.3 is 5.97 Å². The molecule has 1 aliphatic heterocycles. The van der Waals surface area contributed by atoms with Crippen molar-refractivity contribution in [1.29, 1.82) is 0 Å². The Labute approximate surface area is 113 Å². The van der Waals surface area contributed by atoms with Crippen LogP contribution in [0.1, 0.15) is 40.5 Å². The number of carboxylic acids is 1. The van der Waals surface area contributed by atoms with E-state index >= 15 is 0 Å². The number of amides is 1. The minimum atomic E-state index is -3.59. The molecule has 0 radical (unpaired) electrons. The van der Waals surface area contributed by atoms with Gasteiger partial charge in [0, 0.05) is 6.54 Å². The average molecular weight is 291 g/mol. The van der Waals surface area contributed by atoms with Crippen LogP contribution < -0.4 is 0 Å². The van der Waals surface area contributed by atoms with Gasteiger partial charge in [0.15, 0.2) is 9.84 Å². The van der Waals surface area contributed by atoms with Gasteiger partial charge in [-0.1, -0.05) is 0 Å². The Morgan fingerprint density at radius 3 is 2.26 bits per heavy atom. The second-order valence-electron chi connectivity index (χ2n) is 6.10. The predicted octanol–water partition coefficient (Wildman–Crippen LogP) is 0.665. The zero-order valence-electron chi connectivity index (χ0n) is 11.8. The molecule has 0 aromatic heterocycles. The molecule has 0 aliphatic carbocycles. The lowest BCUT2D eigenvalue weighted by Crippen LogP contribution is -2.53. The molecule has 0 spiro atoms. The highest BCUT2D eigenvalue weighted by Gasteiger charge is 2.47. The van der Waals surface area contributed by atoms with E-state index in [1.807, 2.05) is 0 Å². The Balaban J connectivity index is 2.94. The molecule has 0 bridgehead atoms.